The minimum atomic E-state index is -0.608. The van der Waals surface area contributed by atoms with Crippen LogP contribution in [0.25, 0.3) is 0 Å². The Bertz CT molecular complexity index is 865. The molecule has 1 aliphatic rings. The Balaban J connectivity index is 1.95. The predicted molar refractivity (Wildman–Crippen MR) is 93.5 cm³/mol. The number of carbonyl (C=O) groups is 3. The second-order valence-corrected chi connectivity index (χ2v) is 6.44. The van der Waals surface area contributed by atoms with E-state index in [0.29, 0.717) is 15.6 Å². The standard InChI is InChI=1S/C17H12BrClN2O4/c1-2-25-17(24)12-7-11(18)14(19)13(20-12)8-21-15(22)9-5-3-4-6-10(9)16(21)23/h3-7H,2,8H2,1H3. The van der Waals surface area contributed by atoms with Gasteiger partial charge in [0.15, 0.2) is 0 Å². The maximum Gasteiger partial charge on any atom is 0.356 e. The van der Waals surface area contributed by atoms with Gasteiger partial charge in [-0.05, 0) is 41.1 Å². The molecule has 0 unspecified atom stereocenters. The number of benzene rings is 1. The predicted octanol–water partition coefficient (Wildman–Crippen LogP) is 3.47. The molecule has 1 aromatic carbocycles. The summed E-state index contributed by atoms with van der Waals surface area (Å²) in [5, 5.41) is 0.226. The Labute approximate surface area is 156 Å². The molecule has 25 heavy (non-hydrogen) atoms. The minimum Gasteiger partial charge on any atom is -0.461 e. The topological polar surface area (TPSA) is 76.6 Å². The fraction of sp³-hybridized carbons (Fsp3) is 0.176. The molecule has 0 radical (unpaired) electrons. The third-order valence-corrected chi connectivity index (χ3v) is 4.93. The zero-order chi connectivity index (χ0) is 18.1. The lowest BCUT2D eigenvalue weighted by Gasteiger charge is -2.15. The number of carbonyl (C=O) groups excluding carboxylic acids is 3. The van der Waals surface area contributed by atoms with Gasteiger partial charge < -0.3 is 4.74 Å². The lowest BCUT2D eigenvalue weighted by Crippen LogP contribution is -2.30. The summed E-state index contributed by atoms with van der Waals surface area (Å²) in [6, 6.07) is 8.00. The van der Waals surface area contributed by atoms with Crippen LogP contribution in [0.4, 0.5) is 0 Å². The molecule has 0 saturated heterocycles. The van der Waals surface area contributed by atoms with Crippen LogP contribution in [0.5, 0.6) is 0 Å². The van der Waals surface area contributed by atoms with Gasteiger partial charge in [0.25, 0.3) is 11.8 Å². The van der Waals surface area contributed by atoms with Gasteiger partial charge in [0.05, 0.1) is 35.0 Å². The molecule has 6 nitrogen and oxygen atoms in total. The van der Waals surface area contributed by atoms with Crippen molar-refractivity contribution in [1.29, 1.82) is 0 Å². The van der Waals surface area contributed by atoms with E-state index in [9.17, 15) is 14.4 Å². The maximum absolute atomic E-state index is 12.5. The van der Waals surface area contributed by atoms with Crippen molar-refractivity contribution in [3.63, 3.8) is 0 Å². The zero-order valence-corrected chi connectivity index (χ0v) is 15.4. The average Bonchev–Trinajstić information content (AvgIpc) is 2.84. The Hall–Kier alpha value is -2.25. The molecule has 2 aromatic rings. The first-order valence-corrected chi connectivity index (χ1v) is 8.58. The van der Waals surface area contributed by atoms with E-state index in [-0.39, 0.29) is 29.6 Å². The summed E-state index contributed by atoms with van der Waals surface area (Å²) >= 11 is 9.48. The van der Waals surface area contributed by atoms with Crippen LogP contribution in [0.1, 0.15) is 43.8 Å². The molecule has 2 amide bonds. The van der Waals surface area contributed by atoms with E-state index >= 15 is 0 Å². The highest BCUT2D eigenvalue weighted by Gasteiger charge is 2.36. The quantitative estimate of drug-likeness (QED) is 0.556. The summed E-state index contributed by atoms with van der Waals surface area (Å²) in [5.74, 6) is -1.45. The van der Waals surface area contributed by atoms with Crippen molar-refractivity contribution >= 4 is 45.3 Å². The van der Waals surface area contributed by atoms with Crippen molar-refractivity contribution in [3.05, 3.63) is 62.3 Å². The normalized spacial score (nSPS) is 13.2. The molecule has 3 rings (SSSR count). The van der Waals surface area contributed by atoms with Gasteiger partial charge in [0.1, 0.15) is 5.69 Å². The van der Waals surface area contributed by atoms with E-state index in [1.807, 2.05) is 0 Å². The molecule has 1 aromatic heterocycles. The fourth-order valence-corrected chi connectivity index (χ4v) is 3.10. The largest absolute Gasteiger partial charge is 0.461 e. The molecule has 128 valence electrons. The number of fused-ring (bicyclic) bond motifs is 1. The smallest absolute Gasteiger partial charge is 0.356 e. The van der Waals surface area contributed by atoms with Gasteiger partial charge >= 0.3 is 5.97 Å². The van der Waals surface area contributed by atoms with E-state index in [2.05, 4.69) is 20.9 Å². The average molecular weight is 424 g/mol. The molecule has 0 aliphatic carbocycles. The van der Waals surface area contributed by atoms with Crippen LogP contribution < -0.4 is 0 Å². The van der Waals surface area contributed by atoms with Gasteiger partial charge in [-0.15, -0.1) is 0 Å². The third kappa shape index (κ3) is 3.17. The van der Waals surface area contributed by atoms with Crippen LogP contribution in [-0.4, -0.2) is 34.3 Å². The Kier molecular flexibility index (Phi) is 4.87. The molecule has 0 bridgehead atoms. The number of ether oxygens (including phenoxy) is 1. The Morgan fingerprint density at radius 2 is 1.84 bits per heavy atom. The second kappa shape index (κ2) is 6.93. The molecular weight excluding hydrogens is 412 g/mol. The highest BCUT2D eigenvalue weighted by Crippen LogP contribution is 2.30. The Morgan fingerprint density at radius 1 is 1.24 bits per heavy atom. The summed E-state index contributed by atoms with van der Waals surface area (Å²) in [5.41, 5.74) is 0.951. The van der Waals surface area contributed by atoms with Crippen LogP contribution in [0, 0.1) is 0 Å². The number of halogens is 2. The number of hydrogen-bond donors (Lipinski definition) is 0. The maximum atomic E-state index is 12.5. The van der Waals surface area contributed by atoms with Gasteiger partial charge in [-0.1, -0.05) is 23.7 Å². The van der Waals surface area contributed by atoms with Crippen LogP contribution >= 0.6 is 27.5 Å². The summed E-state index contributed by atoms with van der Waals surface area (Å²) in [7, 11) is 0. The van der Waals surface area contributed by atoms with Crippen molar-refractivity contribution < 1.29 is 19.1 Å². The summed E-state index contributed by atoms with van der Waals surface area (Å²) in [6.07, 6.45) is 0. The van der Waals surface area contributed by atoms with Gasteiger partial charge in [0.2, 0.25) is 0 Å². The summed E-state index contributed by atoms with van der Waals surface area (Å²) in [4.78, 5) is 42.0. The highest BCUT2D eigenvalue weighted by atomic mass is 79.9. The van der Waals surface area contributed by atoms with Crippen molar-refractivity contribution in [1.82, 2.24) is 9.88 Å². The number of imide groups is 1. The highest BCUT2D eigenvalue weighted by molar-refractivity contribution is 9.10. The van der Waals surface area contributed by atoms with Crippen LogP contribution in [0.2, 0.25) is 5.02 Å². The second-order valence-electron chi connectivity index (χ2n) is 5.21. The zero-order valence-electron chi connectivity index (χ0n) is 13.1. The molecular formula is C17H12BrClN2O4. The number of pyridine rings is 1. The van der Waals surface area contributed by atoms with Crippen LogP contribution in [-0.2, 0) is 11.3 Å². The van der Waals surface area contributed by atoms with E-state index in [4.69, 9.17) is 16.3 Å². The Morgan fingerprint density at radius 3 is 2.40 bits per heavy atom. The SMILES string of the molecule is CCOC(=O)c1cc(Br)c(Cl)c(CN2C(=O)c3ccccc3C2=O)n1. The summed E-state index contributed by atoms with van der Waals surface area (Å²) in [6.45, 7) is 1.74. The number of aromatic nitrogens is 1. The van der Waals surface area contributed by atoms with Crippen molar-refractivity contribution in [2.75, 3.05) is 6.61 Å². The molecule has 0 N–H and O–H groups in total. The van der Waals surface area contributed by atoms with E-state index in [1.54, 1.807) is 31.2 Å². The molecule has 0 saturated carbocycles. The first kappa shape index (κ1) is 17.6. The monoisotopic (exact) mass is 422 g/mol. The molecule has 2 heterocycles. The third-order valence-electron chi connectivity index (χ3n) is 3.65. The first-order valence-electron chi connectivity index (χ1n) is 7.41. The summed E-state index contributed by atoms with van der Waals surface area (Å²) < 4.78 is 5.36. The number of esters is 1. The van der Waals surface area contributed by atoms with Crippen molar-refractivity contribution in [2.24, 2.45) is 0 Å². The lowest BCUT2D eigenvalue weighted by atomic mass is 10.1. The van der Waals surface area contributed by atoms with Gasteiger partial charge in [-0.3, -0.25) is 14.5 Å². The molecule has 0 spiro atoms. The number of nitrogens with zero attached hydrogens (tertiary/aromatic N) is 2. The molecule has 0 atom stereocenters. The van der Waals surface area contributed by atoms with Crippen LogP contribution in [0.15, 0.2) is 34.8 Å². The molecule has 8 heteroatoms. The lowest BCUT2D eigenvalue weighted by molar-refractivity contribution is 0.0519. The van der Waals surface area contributed by atoms with E-state index in [1.165, 1.54) is 6.07 Å². The van der Waals surface area contributed by atoms with E-state index in [0.717, 1.165) is 4.90 Å². The van der Waals surface area contributed by atoms with Gasteiger partial charge in [0, 0.05) is 4.47 Å². The van der Waals surface area contributed by atoms with Crippen molar-refractivity contribution in [2.45, 2.75) is 13.5 Å². The van der Waals surface area contributed by atoms with E-state index < -0.39 is 17.8 Å². The first-order chi connectivity index (χ1) is 11.9. The number of amides is 2. The van der Waals surface area contributed by atoms with Gasteiger partial charge in [-0.2, -0.15) is 0 Å². The van der Waals surface area contributed by atoms with Crippen LogP contribution in [0.3, 0.4) is 0 Å². The van der Waals surface area contributed by atoms with Gasteiger partial charge in [-0.25, -0.2) is 9.78 Å². The minimum absolute atomic E-state index is 0.0461. The molecule has 0 fully saturated rings. The fourth-order valence-electron chi connectivity index (χ4n) is 2.49. The number of rotatable bonds is 4. The van der Waals surface area contributed by atoms with Crippen molar-refractivity contribution in [3.8, 4) is 0 Å². The molecule has 1 aliphatic heterocycles. The number of hydrogen-bond acceptors (Lipinski definition) is 5.